The summed E-state index contributed by atoms with van der Waals surface area (Å²) in [6, 6.07) is 26.8. The van der Waals surface area contributed by atoms with Gasteiger partial charge in [-0.2, -0.15) is 17.7 Å². The van der Waals surface area contributed by atoms with E-state index in [0.29, 0.717) is 11.5 Å². The smallest absolute Gasteiger partial charge is 0.267 e. The Kier molecular flexibility index (Phi) is 10.4. The summed E-state index contributed by atoms with van der Waals surface area (Å²) >= 11 is 0. The van der Waals surface area contributed by atoms with Crippen LogP contribution in [0, 0.1) is 53.1 Å². The van der Waals surface area contributed by atoms with E-state index in [1.807, 2.05) is 23.0 Å². The van der Waals surface area contributed by atoms with Crippen molar-refractivity contribution in [1.29, 1.82) is 0 Å². The maximum Gasteiger partial charge on any atom is 0.267 e. The summed E-state index contributed by atoms with van der Waals surface area (Å²) in [6.45, 7) is 31.2. The van der Waals surface area contributed by atoms with Gasteiger partial charge in [0.05, 0.1) is 5.69 Å². The molecule has 0 aliphatic rings. The third-order valence-electron chi connectivity index (χ3n) is 11.3. The molecule has 0 atom stereocenters. The second-order valence-electron chi connectivity index (χ2n) is 18.1. The van der Waals surface area contributed by atoms with Crippen LogP contribution in [0.25, 0.3) is 39.0 Å². The molecule has 7 rings (SSSR count). The molecule has 55 heavy (non-hydrogen) atoms. The molecule has 0 radical (unpaired) electrons. The molecule has 0 amide bonds. The molecule has 4 aromatic carbocycles. The first-order valence-corrected chi connectivity index (χ1v) is 19.1. The van der Waals surface area contributed by atoms with Gasteiger partial charge in [-0.05, 0) is 119 Å². The summed E-state index contributed by atoms with van der Waals surface area (Å²) in [5.41, 5.74) is 14.1. The van der Waals surface area contributed by atoms with E-state index in [1.165, 1.54) is 50.0 Å². The Labute approximate surface area is 342 Å². The predicted octanol–water partition coefficient (Wildman–Crippen LogP) is 11.9. The molecule has 0 unspecified atom stereocenters. The molecule has 0 saturated heterocycles. The van der Waals surface area contributed by atoms with Crippen LogP contribution in [0.15, 0.2) is 73.2 Å². The van der Waals surface area contributed by atoms with Crippen LogP contribution in [-0.2, 0) is 37.3 Å². The van der Waals surface area contributed by atoms with Crippen LogP contribution < -0.4 is 9.30 Å². The second kappa shape index (κ2) is 14.2. The van der Waals surface area contributed by atoms with E-state index in [9.17, 15) is 0 Å². The Bertz CT molecular complexity index is 2550. The molecule has 6 heteroatoms. The van der Waals surface area contributed by atoms with Crippen LogP contribution in [-0.4, -0.2) is 14.1 Å². The van der Waals surface area contributed by atoms with Crippen molar-refractivity contribution < 1.29 is 30.4 Å². The minimum Gasteiger partial charge on any atom is -0.510 e. The van der Waals surface area contributed by atoms with Gasteiger partial charge in [0.15, 0.2) is 0 Å². The van der Waals surface area contributed by atoms with Crippen LogP contribution in [0.4, 0.5) is 0 Å². The number of hydrogen-bond donors (Lipinski definition) is 0. The Hall–Kier alpha value is -4.47. The van der Waals surface area contributed by atoms with Gasteiger partial charge >= 0.3 is 0 Å². The first-order valence-electron chi connectivity index (χ1n) is 19.1. The molecule has 0 fully saturated rings. The number of imidazole rings is 1. The molecule has 5 nitrogen and oxygen atoms in total. The average Bonchev–Trinajstić information content (AvgIpc) is 3.71. The number of benzene rings is 4. The van der Waals surface area contributed by atoms with Gasteiger partial charge in [0, 0.05) is 56.7 Å². The first kappa shape index (κ1) is 40.2. The van der Waals surface area contributed by atoms with E-state index < -0.39 is 0 Å². The second-order valence-corrected chi connectivity index (χ2v) is 18.1. The fourth-order valence-corrected chi connectivity index (χ4v) is 7.38. The van der Waals surface area contributed by atoms with Crippen molar-refractivity contribution >= 4 is 21.8 Å². The van der Waals surface area contributed by atoms with Crippen molar-refractivity contribution in [3.8, 4) is 28.7 Å². The molecular weight excluding hydrogens is 856 g/mol. The third-order valence-corrected chi connectivity index (χ3v) is 11.3. The normalized spacial score (nSPS) is 12.4. The van der Waals surface area contributed by atoms with Crippen LogP contribution in [0.5, 0.6) is 11.5 Å². The minimum atomic E-state index is -0.127. The molecule has 288 valence electrons. The molecular formula is C49H54N4OPt-2. The average molecular weight is 910 g/mol. The van der Waals surface area contributed by atoms with Crippen molar-refractivity contribution in [3.05, 3.63) is 136 Å². The molecule has 0 aliphatic carbocycles. The zero-order valence-corrected chi connectivity index (χ0v) is 37.2. The van der Waals surface area contributed by atoms with Gasteiger partial charge in [0.2, 0.25) is 0 Å². The Morgan fingerprint density at radius 2 is 1.24 bits per heavy atom. The maximum absolute atomic E-state index is 6.72. The Morgan fingerprint density at radius 3 is 1.87 bits per heavy atom. The van der Waals surface area contributed by atoms with Gasteiger partial charge in [0.25, 0.3) is 6.33 Å². The maximum atomic E-state index is 6.72. The summed E-state index contributed by atoms with van der Waals surface area (Å²) in [5.74, 6) is 2.11. The number of hydrogen-bond acceptors (Lipinski definition) is 2. The van der Waals surface area contributed by atoms with Gasteiger partial charge < -0.3 is 13.9 Å². The zero-order valence-electron chi connectivity index (χ0n) is 34.9. The first-order chi connectivity index (χ1) is 25.2. The van der Waals surface area contributed by atoms with Crippen molar-refractivity contribution in [3.63, 3.8) is 0 Å². The summed E-state index contributed by atoms with van der Waals surface area (Å²) in [4.78, 5) is 4.90. The van der Waals surface area contributed by atoms with Gasteiger partial charge in [-0.1, -0.05) is 80.0 Å². The van der Waals surface area contributed by atoms with Crippen molar-refractivity contribution in [2.24, 2.45) is 0 Å². The van der Waals surface area contributed by atoms with E-state index in [2.05, 4.69) is 179 Å². The summed E-state index contributed by atoms with van der Waals surface area (Å²) in [6.07, 6.45) is 9.64. The van der Waals surface area contributed by atoms with Crippen LogP contribution >= 0.6 is 0 Å². The molecule has 3 aromatic heterocycles. The standard InChI is InChI=1S/C49H54N4O.Pt/c1-30-31(2)33(4)46(34(5)32(30)3)52-22-21-51(29-52)38-23-37(49(12,13)14)24-40(27-38)54-39-16-17-41-42-25-35(47(6,7)8)15-18-43(42)53(44(41)28-39)45-26-36(19-20-50-45)48(9,10)11;/h15-26H,1-14H3;/q-2;. The molecule has 0 aliphatic heterocycles. The number of fused-ring (bicyclic) bond motifs is 3. The zero-order chi connectivity index (χ0) is 39.1. The number of nitrogens with zero attached hydrogens (tertiary/aromatic N) is 4. The minimum absolute atomic E-state index is 0. The summed E-state index contributed by atoms with van der Waals surface area (Å²) < 4.78 is 13.1. The van der Waals surface area contributed by atoms with Gasteiger partial charge in [-0.3, -0.25) is 4.57 Å². The van der Waals surface area contributed by atoms with E-state index >= 15 is 0 Å². The quantitative estimate of drug-likeness (QED) is 0.127. The predicted molar refractivity (Wildman–Crippen MR) is 222 cm³/mol. The van der Waals surface area contributed by atoms with E-state index in [4.69, 9.17) is 9.72 Å². The number of rotatable bonds is 5. The monoisotopic (exact) mass is 909 g/mol. The Morgan fingerprint density at radius 1 is 0.618 bits per heavy atom. The number of pyridine rings is 1. The third kappa shape index (κ3) is 7.45. The van der Waals surface area contributed by atoms with Gasteiger partial charge in [0.1, 0.15) is 5.82 Å². The molecule has 3 heterocycles. The van der Waals surface area contributed by atoms with E-state index in [0.717, 1.165) is 33.5 Å². The van der Waals surface area contributed by atoms with Crippen LogP contribution in [0.2, 0.25) is 0 Å². The SMILES string of the molecule is Cc1c(C)c(C)c(-[n+]2[c-]n(-c3[c-]c(Oc4[c-]c5c(cc4)c4cc(C(C)(C)C)ccc4n5-c4cc(C(C)(C)C)ccn4)cc(C(C)(C)C)c3)cc2)c(C)c1C.[Pt]. The largest absolute Gasteiger partial charge is 0.510 e. The van der Waals surface area contributed by atoms with Crippen molar-refractivity contribution in [2.75, 3.05) is 0 Å². The van der Waals surface area contributed by atoms with Gasteiger partial charge in [-0.25, -0.2) is 4.98 Å². The Balaban J connectivity index is 0.00000514. The van der Waals surface area contributed by atoms with Crippen LogP contribution in [0.3, 0.4) is 0 Å². The van der Waals surface area contributed by atoms with E-state index in [1.54, 1.807) is 0 Å². The number of ether oxygens (including phenoxy) is 1. The fraction of sp³-hybridized carbons (Fsp3) is 0.347. The number of aromatic nitrogens is 4. The topological polar surface area (TPSA) is 35.9 Å². The molecule has 7 aromatic rings. The van der Waals surface area contributed by atoms with Crippen LogP contribution in [0.1, 0.15) is 107 Å². The molecule has 0 N–H and O–H groups in total. The summed E-state index contributed by atoms with van der Waals surface area (Å²) in [7, 11) is 0. The molecule has 0 saturated carbocycles. The van der Waals surface area contributed by atoms with Crippen molar-refractivity contribution in [1.82, 2.24) is 14.1 Å². The van der Waals surface area contributed by atoms with Gasteiger partial charge in [-0.15, -0.1) is 29.7 Å². The summed E-state index contributed by atoms with van der Waals surface area (Å²) in [5, 5.41) is 2.28. The fourth-order valence-electron chi connectivity index (χ4n) is 7.38. The molecule has 0 spiro atoms. The molecule has 0 bridgehead atoms. The van der Waals surface area contributed by atoms with E-state index in [-0.39, 0.29) is 37.3 Å². The van der Waals surface area contributed by atoms with Crippen molar-refractivity contribution in [2.45, 2.75) is 113 Å².